The topological polar surface area (TPSA) is 49.8 Å². The van der Waals surface area contributed by atoms with Crippen molar-refractivity contribution in [2.24, 2.45) is 4.99 Å². The van der Waals surface area contributed by atoms with Crippen LogP contribution in [-0.4, -0.2) is 43.1 Å². The van der Waals surface area contributed by atoms with E-state index in [0.29, 0.717) is 19.7 Å². The summed E-state index contributed by atoms with van der Waals surface area (Å²) < 4.78 is 18.8. The second kappa shape index (κ2) is 8.73. The van der Waals surface area contributed by atoms with Gasteiger partial charge in [-0.15, -0.1) is 0 Å². The van der Waals surface area contributed by atoms with Crippen molar-refractivity contribution in [3.05, 3.63) is 60.2 Å². The van der Waals surface area contributed by atoms with Crippen molar-refractivity contribution >= 4 is 5.96 Å². The van der Waals surface area contributed by atoms with Crippen molar-refractivity contribution in [1.29, 1.82) is 0 Å². The molecule has 5 nitrogen and oxygen atoms in total. The van der Waals surface area contributed by atoms with Crippen LogP contribution in [0.5, 0.6) is 5.75 Å². The van der Waals surface area contributed by atoms with Crippen molar-refractivity contribution in [1.82, 2.24) is 15.2 Å². The summed E-state index contributed by atoms with van der Waals surface area (Å²) in [4.78, 5) is 10.1. The minimum Gasteiger partial charge on any atom is -0.490 e. The Kier molecular flexibility index (Phi) is 6.35. The zero-order valence-electron chi connectivity index (χ0n) is 13.4. The van der Waals surface area contributed by atoms with Gasteiger partial charge in [-0.1, -0.05) is 12.1 Å². The number of rotatable bonds is 6. The quantitative estimate of drug-likeness (QED) is 0.505. The minimum absolute atomic E-state index is 0.233. The molecule has 6 heteroatoms. The maximum absolute atomic E-state index is 13.2. The molecule has 0 saturated carbocycles. The third-order valence-corrected chi connectivity index (χ3v) is 3.17. The fourth-order valence-electron chi connectivity index (χ4n) is 2.13. The standard InChI is InChI=1S/C17H21FN4O/c1-19-17(21-9-10-23-16-7-4-8-20-12-16)22(2)13-14-5-3-6-15(18)11-14/h3-8,11-12H,9-10,13H2,1-2H3,(H,19,21). The first-order valence-corrected chi connectivity index (χ1v) is 7.38. The van der Waals surface area contributed by atoms with Crippen LogP contribution in [0, 0.1) is 5.82 Å². The fraction of sp³-hybridized carbons (Fsp3) is 0.294. The maximum Gasteiger partial charge on any atom is 0.193 e. The van der Waals surface area contributed by atoms with Gasteiger partial charge in [0.05, 0.1) is 12.7 Å². The Balaban J connectivity index is 1.78. The normalized spacial score (nSPS) is 11.2. The molecule has 0 radical (unpaired) electrons. The van der Waals surface area contributed by atoms with Gasteiger partial charge in [0, 0.05) is 26.8 Å². The van der Waals surface area contributed by atoms with Gasteiger partial charge in [-0.3, -0.25) is 9.98 Å². The summed E-state index contributed by atoms with van der Waals surface area (Å²) in [5, 5.41) is 3.21. The van der Waals surface area contributed by atoms with E-state index in [1.165, 1.54) is 12.1 Å². The average Bonchev–Trinajstić information content (AvgIpc) is 2.56. The second-order valence-electron chi connectivity index (χ2n) is 5.00. The van der Waals surface area contributed by atoms with Crippen molar-refractivity contribution in [3.63, 3.8) is 0 Å². The van der Waals surface area contributed by atoms with Gasteiger partial charge in [-0.2, -0.15) is 0 Å². The molecule has 2 rings (SSSR count). The van der Waals surface area contributed by atoms with E-state index in [0.717, 1.165) is 17.3 Å². The highest BCUT2D eigenvalue weighted by Crippen LogP contribution is 2.07. The number of nitrogens with zero attached hydrogens (tertiary/aromatic N) is 3. The highest BCUT2D eigenvalue weighted by atomic mass is 19.1. The van der Waals surface area contributed by atoms with Crippen molar-refractivity contribution in [2.75, 3.05) is 27.2 Å². The molecule has 0 fully saturated rings. The predicted molar refractivity (Wildman–Crippen MR) is 89.0 cm³/mol. The summed E-state index contributed by atoms with van der Waals surface area (Å²) in [5.74, 6) is 1.23. The zero-order valence-corrected chi connectivity index (χ0v) is 13.4. The van der Waals surface area contributed by atoms with Crippen LogP contribution < -0.4 is 10.1 Å². The van der Waals surface area contributed by atoms with Crippen LogP contribution in [-0.2, 0) is 6.54 Å². The van der Waals surface area contributed by atoms with Gasteiger partial charge in [0.25, 0.3) is 0 Å². The van der Waals surface area contributed by atoms with E-state index in [9.17, 15) is 4.39 Å². The van der Waals surface area contributed by atoms with Crippen LogP contribution in [0.1, 0.15) is 5.56 Å². The summed E-state index contributed by atoms with van der Waals surface area (Å²) in [6, 6.07) is 10.2. The van der Waals surface area contributed by atoms with E-state index >= 15 is 0 Å². The largest absolute Gasteiger partial charge is 0.490 e. The highest BCUT2D eigenvalue weighted by molar-refractivity contribution is 5.79. The second-order valence-corrected chi connectivity index (χ2v) is 5.00. The van der Waals surface area contributed by atoms with Gasteiger partial charge in [-0.05, 0) is 29.8 Å². The van der Waals surface area contributed by atoms with Gasteiger partial charge in [0.2, 0.25) is 0 Å². The first-order valence-electron chi connectivity index (χ1n) is 7.38. The van der Waals surface area contributed by atoms with Gasteiger partial charge in [0.1, 0.15) is 18.2 Å². The third kappa shape index (κ3) is 5.58. The fourth-order valence-corrected chi connectivity index (χ4v) is 2.13. The van der Waals surface area contributed by atoms with E-state index in [4.69, 9.17) is 4.74 Å². The molecule has 0 aliphatic rings. The van der Waals surface area contributed by atoms with E-state index in [1.807, 2.05) is 30.1 Å². The molecule has 0 unspecified atom stereocenters. The Bertz CT molecular complexity index is 634. The predicted octanol–water partition coefficient (Wildman–Crippen LogP) is 2.31. The summed E-state index contributed by atoms with van der Waals surface area (Å²) in [7, 11) is 3.62. The van der Waals surface area contributed by atoms with Crippen LogP contribution in [0.2, 0.25) is 0 Å². The molecule has 0 saturated heterocycles. The Labute approximate surface area is 135 Å². The lowest BCUT2D eigenvalue weighted by molar-refractivity contribution is 0.318. The molecule has 0 spiro atoms. The number of pyridine rings is 1. The molecular formula is C17H21FN4O. The Morgan fingerprint density at radius 3 is 2.91 bits per heavy atom. The number of hydrogen-bond donors (Lipinski definition) is 1. The smallest absolute Gasteiger partial charge is 0.193 e. The molecule has 0 aliphatic heterocycles. The van der Waals surface area contributed by atoms with E-state index < -0.39 is 0 Å². The van der Waals surface area contributed by atoms with Crippen LogP contribution in [0.3, 0.4) is 0 Å². The van der Waals surface area contributed by atoms with Gasteiger partial charge >= 0.3 is 0 Å². The van der Waals surface area contributed by atoms with Crippen molar-refractivity contribution < 1.29 is 9.13 Å². The SMILES string of the molecule is CN=C(NCCOc1cccnc1)N(C)Cc1cccc(F)c1. The van der Waals surface area contributed by atoms with Crippen LogP contribution >= 0.6 is 0 Å². The summed E-state index contributed by atoms with van der Waals surface area (Å²) in [5.41, 5.74) is 0.891. The lowest BCUT2D eigenvalue weighted by Gasteiger charge is -2.22. The molecule has 23 heavy (non-hydrogen) atoms. The number of benzene rings is 1. The number of aromatic nitrogens is 1. The Morgan fingerprint density at radius 1 is 1.35 bits per heavy atom. The molecule has 0 bridgehead atoms. The molecule has 1 heterocycles. The van der Waals surface area contributed by atoms with E-state index in [1.54, 1.807) is 25.5 Å². The zero-order chi connectivity index (χ0) is 16.5. The number of guanidine groups is 1. The summed E-state index contributed by atoms with van der Waals surface area (Å²) in [6.07, 6.45) is 3.37. The minimum atomic E-state index is -0.233. The third-order valence-electron chi connectivity index (χ3n) is 3.17. The molecule has 0 amide bonds. The van der Waals surface area contributed by atoms with Crippen molar-refractivity contribution in [2.45, 2.75) is 6.54 Å². The van der Waals surface area contributed by atoms with Crippen LogP contribution in [0.4, 0.5) is 4.39 Å². The van der Waals surface area contributed by atoms with E-state index in [2.05, 4.69) is 15.3 Å². The molecule has 0 aliphatic carbocycles. The van der Waals surface area contributed by atoms with Crippen LogP contribution in [0.25, 0.3) is 0 Å². The summed E-state index contributed by atoms with van der Waals surface area (Å²) in [6.45, 7) is 1.68. The number of halogens is 1. The molecule has 122 valence electrons. The summed E-state index contributed by atoms with van der Waals surface area (Å²) >= 11 is 0. The maximum atomic E-state index is 13.2. The lowest BCUT2D eigenvalue weighted by atomic mass is 10.2. The van der Waals surface area contributed by atoms with Crippen molar-refractivity contribution in [3.8, 4) is 5.75 Å². The van der Waals surface area contributed by atoms with Crippen LogP contribution in [0.15, 0.2) is 53.8 Å². The van der Waals surface area contributed by atoms with Gasteiger partial charge in [-0.25, -0.2) is 4.39 Å². The van der Waals surface area contributed by atoms with Gasteiger partial charge < -0.3 is 15.0 Å². The number of nitrogens with one attached hydrogen (secondary N) is 1. The lowest BCUT2D eigenvalue weighted by Crippen LogP contribution is -2.40. The number of hydrogen-bond acceptors (Lipinski definition) is 3. The first kappa shape index (κ1) is 16.7. The average molecular weight is 316 g/mol. The molecule has 1 N–H and O–H groups in total. The molecular weight excluding hydrogens is 295 g/mol. The van der Waals surface area contributed by atoms with E-state index in [-0.39, 0.29) is 5.82 Å². The monoisotopic (exact) mass is 316 g/mol. The molecule has 2 aromatic rings. The Morgan fingerprint density at radius 2 is 2.22 bits per heavy atom. The molecule has 1 aromatic heterocycles. The molecule has 1 aromatic carbocycles. The highest BCUT2D eigenvalue weighted by Gasteiger charge is 2.06. The number of aliphatic imine (C=N–C) groups is 1. The van der Waals surface area contributed by atoms with Gasteiger partial charge in [0.15, 0.2) is 5.96 Å². The Hall–Kier alpha value is -2.63. The number of ether oxygens (including phenoxy) is 1. The molecule has 0 atom stereocenters. The first-order chi connectivity index (χ1) is 11.2.